The normalized spacial score (nSPS) is 12.0. The van der Waals surface area contributed by atoms with Crippen molar-refractivity contribution in [2.45, 2.75) is 4.90 Å². The molecule has 3 rings (SSSR count). The molecule has 4 N–H and O–H groups in total. The first kappa shape index (κ1) is 16.6. The van der Waals surface area contributed by atoms with Gasteiger partial charge in [-0.1, -0.05) is 0 Å². The monoisotopic (exact) mass is 361 g/mol. The molecule has 2 aromatic carbocycles. The lowest BCUT2D eigenvalue weighted by atomic mass is 10.2. The van der Waals surface area contributed by atoms with Crippen molar-refractivity contribution in [3.05, 3.63) is 42.6 Å². The van der Waals surface area contributed by atoms with Gasteiger partial charge in [0.05, 0.1) is 0 Å². The maximum Gasteiger partial charge on any atom is 0.295 e. The maximum absolute atomic E-state index is 11.6. The number of benzene rings is 2. The standard InChI is InChI=1S/C15H11N3O6S/c19-8-3-4-10(12(20)6-8)17-18-11-7-13(25(22,23)24)9-2-1-5-16-14(9)15(11)21/h1-7,19-21H,(H,22,23,24). The predicted molar refractivity (Wildman–Crippen MR) is 87.2 cm³/mol. The SMILES string of the molecule is O=S(=O)(O)c1cc(N=Nc2ccc(O)cc2O)c(O)c2ncccc12. The van der Waals surface area contributed by atoms with E-state index in [9.17, 15) is 28.3 Å². The van der Waals surface area contributed by atoms with Crippen molar-refractivity contribution in [1.82, 2.24) is 4.98 Å². The number of rotatable bonds is 3. The second-order valence-corrected chi connectivity index (χ2v) is 6.38. The van der Waals surface area contributed by atoms with E-state index in [2.05, 4.69) is 15.2 Å². The molecule has 1 aromatic heterocycles. The second-order valence-electron chi connectivity index (χ2n) is 4.99. The Kier molecular flexibility index (Phi) is 3.99. The molecule has 25 heavy (non-hydrogen) atoms. The highest BCUT2D eigenvalue weighted by Crippen LogP contribution is 2.39. The summed E-state index contributed by atoms with van der Waals surface area (Å²) in [6, 6.07) is 7.34. The first-order chi connectivity index (χ1) is 11.8. The first-order valence-electron chi connectivity index (χ1n) is 6.79. The summed E-state index contributed by atoms with van der Waals surface area (Å²) in [5, 5.41) is 36.6. The van der Waals surface area contributed by atoms with Crippen LogP contribution in [0.3, 0.4) is 0 Å². The summed E-state index contributed by atoms with van der Waals surface area (Å²) in [6.07, 6.45) is 1.34. The third kappa shape index (κ3) is 3.20. The average Bonchev–Trinajstić information content (AvgIpc) is 2.54. The van der Waals surface area contributed by atoms with Gasteiger partial charge in [-0.25, -0.2) is 0 Å². The number of phenols is 3. The quantitative estimate of drug-likeness (QED) is 0.413. The largest absolute Gasteiger partial charge is 0.508 e. The molecule has 0 radical (unpaired) electrons. The Labute approximate surface area is 141 Å². The van der Waals surface area contributed by atoms with Crippen LogP contribution in [-0.2, 0) is 10.1 Å². The van der Waals surface area contributed by atoms with Gasteiger partial charge in [0.1, 0.15) is 33.3 Å². The molecule has 1 heterocycles. The third-order valence-corrected chi connectivity index (χ3v) is 4.20. The van der Waals surface area contributed by atoms with E-state index < -0.39 is 20.8 Å². The Morgan fingerprint density at radius 3 is 2.36 bits per heavy atom. The number of aromatic nitrogens is 1. The van der Waals surface area contributed by atoms with Gasteiger partial charge in [-0.3, -0.25) is 9.54 Å². The van der Waals surface area contributed by atoms with Gasteiger partial charge in [-0.15, -0.1) is 10.2 Å². The van der Waals surface area contributed by atoms with E-state index in [4.69, 9.17) is 0 Å². The zero-order valence-corrected chi connectivity index (χ0v) is 13.2. The fourth-order valence-electron chi connectivity index (χ4n) is 2.18. The van der Waals surface area contributed by atoms with Gasteiger partial charge in [0.25, 0.3) is 10.1 Å². The molecule has 0 aliphatic rings. The number of nitrogens with zero attached hydrogens (tertiary/aromatic N) is 3. The Balaban J connectivity index is 2.19. The molecule has 0 aliphatic heterocycles. The Bertz CT molecular complexity index is 1110. The molecule has 0 amide bonds. The number of aromatic hydroxyl groups is 3. The van der Waals surface area contributed by atoms with Crippen molar-refractivity contribution in [3.63, 3.8) is 0 Å². The third-order valence-electron chi connectivity index (χ3n) is 3.31. The van der Waals surface area contributed by atoms with Crippen molar-refractivity contribution in [1.29, 1.82) is 0 Å². The van der Waals surface area contributed by atoms with Crippen molar-refractivity contribution in [3.8, 4) is 17.2 Å². The number of phenolic OH excluding ortho intramolecular Hbond substituents is 3. The van der Waals surface area contributed by atoms with Crippen LogP contribution in [0.4, 0.5) is 11.4 Å². The summed E-state index contributed by atoms with van der Waals surface area (Å²) < 4.78 is 32.5. The van der Waals surface area contributed by atoms with E-state index >= 15 is 0 Å². The average molecular weight is 361 g/mol. The molecule has 9 nitrogen and oxygen atoms in total. The van der Waals surface area contributed by atoms with E-state index in [0.717, 1.165) is 12.1 Å². The van der Waals surface area contributed by atoms with E-state index in [1.54, 1.807) is 0 Å². The molecule has 0 fully saturated rings. The van der Waals surface area contributed by atoms with Crippen LogP contribution < -0.4 is 0 Å². The molecular formula is C15H11N3O6S. The van der Waals surface area contributed by atoms with Crippen LogP contribution in [0.25, 0.3) is 10.9 Å². The van der Waals surface area contributed by atoms with Gasteiger partial charge in [-0.2, -0.15) is 8.42 Å². The Hall–Kier alpha value is -3.24. The van der Waals surface area contributed by atoms with E-state index in [1.165, 1.54) is 30.5 Å². The topological polar surface area (TPSA) is 153 Å². The highest BCUT2D eigenvalue weighted by molar-refractivity contribution is 7.86. The smallest absolute Gasteiger partial charge is 0.295 e. The molecule has 0 spiro atoms. The van der Waals surface area contributed by atoms with Crippen molar-refractivity contribution in [2.75, 3.05) is 0 Å². The minimum Gasteiger partial charge on any atom is -0.508 e. The molecule has 0 saturated carbocycles. The second kappa shape index (κ2) is 6.00. The van der Waals surface area contributed by atoms with Gasteiger partial charge in [0.15, 0.2) is 5.75 Å². The lowest BCUT2D eigenvalue weighted by Crippen LogP contribution is -1.99. The minimum absolute atomic E-state index is 0.0216. The van der Waals surface area contributed by atoms with Crippen LogP contribution in [0, 0.1) is 0 Å². The fraction of sp³-hybridized carbons (Fsp3) is 0. The summed E-state index contributed by atoms with van der Waals surface area (Å²) in [7, 11) is -4.60. The van der Waals surface area contributed by atoms with Crippen LogP contribution in [-0.4, -0.2) is 33.3 Å². The Morgan fingerprint density at radius 1 is 0.960 bits per heavy atom. The molecular weight excluding hydrogens is 350 g/mol. The number of azo groups is 1. The van der Waals surface area contributed by atoms with Gasteiger partial charge in [-0.05, 0) is 30.3 Å². The van der Waals surface area contributed by atoms with Crippen LogP contribution in [0.5, 0.6) is 17.2 Å². The summed E-state index contributed by atoms with van der Waals surface area (Å²) in [5.74, 6) is -0.981. The fourth-order valence-corrected chi connectivity index (χ4v) is 2.88. The maximum atomic E-state index is 11.6. The van der Waals surface area contributed by atoms with Crippen LogP contribution in [0.2, 0.25) is 0 Å². The van der Waals surface area contributed by atoms with Crippen molar-refractivity contribution < 1.29 is 28.3 Å². The summed E-state index contributed by atoms with van der Waals surface area (Å²) in [6.45, 7) is 0. The van der Waals surface area contributed by atoms with Crippen LogP contribution in [0.15, 0.2) is 57.7 Å². The minimum atomic E-state index is -4.60. The van der Waals surface area contributed by atoms with Gasteiger partial charge in [0.2, 0.25) is 0 Å². The number of fused-ring (bicyclic) bond motifs is 1. The molecule has 0 saturated heterocycles. The molecule has 0 unspecified atom stereocenters. The molecule has 128 valence electrons. The van der Waals surface area contributed by atoms with Crippen LogP contribution in [0.1, 0.15) is 0 Å². The molecule has 0 bridgehead atoms. The number of hydrogen-bond donors (Lipinski definition) is 4. The zero-order chi connectivity index (χ0) is 18.2. The molecule has 3 aromatic rings. The summed E-state index contributed by atoms with van der Waals surface area (Å²) >= 11 is 0. The van der Waals surface area contributed by atoms with Gasteiger partial charge >= 0.3 is 0 Å². The molecule has 0 aliphatic carbocycles. The van der Waals surface area contributed by atoms with Crippen molar-refractivity contribution in [2.24, 2.45) is 10.2 Å². The van der Waals surface area contributed by atoms with Crippen LogP contribution >= 0.6 is 0 Å². The highest BCUT2D eigenvalue weighted by Gasteiger charge is 2.20. The van der Waals surface area contributed by atoms with E-state index in [-0.39, 0.29) is 33.8 Å². The Morgan fingerprint density at radius 2 is 1.68 bits per heavy atom. The first-order valence-corrected chi connectivity index (χ1v) is 8.23. The molecule has 10 heteroatoms. The summed E-state index contributed by atoms with van der Waals surface area (Å²) in [5.41, 5.74) is -0.375. The van der Waals surface area contributed by atoms with Crippen molar-refractivity contribution >= 4 is 32.4 Å². The summed E-state index contributed by atoms with van der Waals surface area (Å²) in [4.78, 5) is 3.40. The highest BCUT2D eigenvalue weighted by atomic mass is 32.2. The van der Waals surface area contributed by atoms with Gasteiger partial charge in [0, 0.05) is 17.6 Å². The lowest BCUT2D eigenvalue weighted by Gasteiger charge is -2.07. The molecule has 0 atom stereocenters. The number of hydrogen-bond acceptors (Lipinski definition) is 8. The lowest BCUT2D eigenvalue weighted by molar-refractivity contribution is 0.451. The van der Waals surface area contributed by atoms with E-state index in [1.807, 2.05) is 0 Å². The zero-order valence-electron chi connectivity index (χ0n) is 12.4. The van der Waals surface area contributed by atoms with E-state index in [0.29, 0.717) is 0 Å². The number of pyridine rings is 1. The predicted octanol–water partition coefficient (Wildman–Crippen LogP) is 3.01. The van der Waals surface area contributed by atoms with Gasteiger partial charge < -0.3 is 15.3 Å².